The van der Waals surface area contributed by atoms with Crippen LogP contribution in [-0.2, 0) is 38.1 Å². The summed E-state index contributed by atoms with van der Waals surface area (Å²) in [5.74, 6) is -0.889. The van der Waals surface area contributed by atoms with Crippen LogP contribution in [-0.4, -0.2) is 54.6 Å². The van der Waals surface area contributed by atoms with Crippen molar-refractivity contribution >= 4 is 26.2 Å². The maximum absolute atomic E-state index is 11.4. The summed E-state index contributed by atoms with van der Waals surface area (Å²) < 4.78 is 56.7. The molecule has 0 rings (SSSR count). The van der Waals surface area contributed by atoms with Crippen LogP contribution in [0.25, 0.3) is 0 Å². The van der Waals surface area contributed by atoms with E-state index in [4.69, 9.17) is 0 Å². The van der Waals surface area contributed by atoms with Gasteiger partial charge in [-0.25, -0.2) is 4.79 Å². The molecule has 0 saturated heterocycles. The number of hydrogen-bond acceptors (Lipinski definition) is 8. The Balaban J connectivity index is 4.53. The number of rotatable bonds is 8. The Morgan fingerprint density at radius 2 is 1.67 bits per heavy atom. The van der Waals surface area contributed by atoms with Crippen molar-refractivity contribution in [3.8, 4) is 0 Å². The lowest BCUT2D eigenvalue weighted by atomic mass is 10.3. The molecule has 10 heteroatoms. The molecule has 0 saturated carbocycles. The van der Waals surface area contributed by atoms with Crippen molar-refractivity contribution in [1.29, 1.82) is 0 Å². The molecule has 0 radical (unpaired) electrons. The summed E-state index contributed by atoms with van der Waals surface area (Å²) >= 11 is 0. The number of hydrogen-bond donors (Lipinski definition) is 0. The highest BCUT2D eigenvalue weighted by molar-refractivity contribution is 7.86. The van der Waals surface area contributed by atoms with E-state index >= 15 is 0 Å². The zero-order valence-electron chi connectivity index (χ0n) is 10.3. The molecule has 18 heavy (non-hydrogen) atoms. The predicted molar refractivity (Wildman–Crippen MR) is 61.8 cm³/mol. The number of esters is 1. The molecule has 0 bridgehead atoms. The Hall–Kier alpha value is -0.710. The van der Waals surface area contributed by atoms with Gasteiger partial charge in [-0.1, -0.05) is 0 Å². The highest BCUT2D eigenvalue weighted by Gasteiger charge is 2.25. The second-order valence-electron chi connectivity index (χ2n) is 3.36. The van der Waals surface area contributed by atoms with Gasteiger partial charge in [-0.05, 0) is 6.92 Å². The molecule has 0 spiro atoms. The Bertz CT molecular complexity index is 463. The van der Waals surface area contributed by atoms with Crippen LogP contribution in [0.2, 0.25) is 0 Å². The third-order valence-electron chi connectivity index (χ3n) is 1.52. The first-order chi connectivity index (χ1) is 8.05. The van der Waals surface area contributed by atoms with E-state index in [1.54, 1.807) is 6.92 Å². The Kier molecular flexibility index (Phi) is 6.74. The molecule has 1 atom stereocenters. The monoisotopic (exact) mass is 304 g/mol. The lowest BCUT2D eigenvalue weighted by Gasteiger charge is -2.14. The predicted octanol–water partition coefficient (Wildman–Crippen LogP) is -0.739. The van der Waals surface area contributed by atoms with Crippen molar-refractivity contribution in [2.45, 2.75) is 19.4 Å². The second-order valence-corrected chi connectivity index (χ2v) is 6.60. The van der Waals surface area contributed by atoms with Gasteiger partial charge in [-0.2, -0.15) is 16.8 Å². The zero-order valence-corrected chi connectivity index (χ0v) is 11.9. The van der Waals surface area contributed by atoms with E-state index in [0.29, 0.717) is 0 Å². The van der Waals surface area contributed by atoms with Crippen LogP contribution in [0.15, 0.2) is 0 Å². The van der Waals surface area contributed by atoms with E-state index in [1.165, 1.54) is 0 Å². The van der Waals surface area contributed by atoms with Crippen LogP contribution in [0.5, 0.6) is 0 Å². The minimum absolute atomic E-state index is 0.0510. The van der Waals surface area contributed by atoms with Gasteiger partial charge < -0.3 is 4.74 Å². The maximum atomic E-state index is 11.4. The minimum atomic E-state index is -3.86. The Labute approximate surface area is 106 Å². The Morgan fingerprint density at radius 3 is 2.06 bits per heavy atom. The average molecular weight is 304 g/mol. The lowest BCUT2D eigenvalue weighted by Crippen LogP contribution is -2.30. The fourth-order valence-corrected chi connectivity index (χ4v) is 1.95. The normalized spacial score (nSPS) is 14.2. The highest BCUT2D eigenvalue weighted by Crippen LogP contribution is 2.07. The molecule has 0 aromatic heterocycles. The van der Waals surface area contributed by atoms with Gasteiger partial charge in [0.25, 0.3) is 20.2 Å². The summed E-state index contributed by atoms with van der Waals surface area (Å²) in [6.07, 6.45) is -0.0546. The molecule has 0 aromatic rings. The lowest BCUT2D eigenvalue weighted by molar-refractivity contribution is -0.151. The molecule has 0 fully saturated rings. The molecule has 8 nitrogen and oxygen atoms in total. The quantitative estimate of drug-likeness (QED) is 0.425. The van der Waals surface area contributed by atoms with Crippen molar-refractivity contribution < 1.29 is 34.7 Å². The molecular weight excluding hydrogens is 288 g/mol. The van der Waals surface area contributed by atoms with E-state index < -0.39 is 32.3 Å². The van der Waals surface area contributed by atoms with Crippen LogP contribution in [0, 0.1) is 0 Å². The Morgan fingerprint density at radius 1 is 1.11 bits per heavy atom. The fraction of sp³-hybridized carbons (Fsp3) is 0.875. The smallest absolute Gasteiger partial charge is 0.336 e. The molecule has 0 aromatic carbocycles. The summed E-state index contributed by atoms with van der Waals surface area (Å²) in [5.41, 5.74) is 0. The molecule has 0 aliphatic rings. The van der Waals surface area contributed by atoms with Gasteiger partial charge in [0.05, 0.1) is 25.7 Å². The van der Waals surface area contributed by atoms with Gasteiger partial charge in [0.1, 0.15) is 0 Å². The topological polar surface area (TPSA) is 113 Å². The van der Waals surface area contributed by atoms with Crippen LogP contribution >= 0.6 is 0 Å². The highest BCUT2D eigenvalue weighted by atomic mass is 32.2. The van der Waals surface area contributed by atoms with Gasteiger partial charge in [0.15, 0.2) is 6.10 Å². The summed E-state index contributed by atoms with van der Waals surface area (Å²) in [6, 6.07) is 0. The first kappa shape index (κ1) is 17.3. The van der Waals surface area contributed by atoms with E-state index in [-0.39, 0.29) is 19.6 Å². The largest absolute Gasteiger partial charge is 0.464 e. The number of ether oxygens (including phenoxy) is 1. The molecule has 108 valence electrons. The van der Waals surface area contributed by atoms with E-state index in [9.17, 15) is 21.6 Å². The van der Waals surface area contributed by atoms with Crippen LogP contribution < -0.4 is 0 Å². The third kappa shape index (κ3) is 9.33. The molecule has 0 aliphatic heterocycles. The minimum Gasteiger partial charge on any atom is -0.464 e. The summed E-state index contributed by atoms with van der Waals surface area (Å²) in [6.45, 7) is 1.22. The summed E-state index contributed by atoms with van der Waals surface area (Å²) in [5, 5.41) is 0. The molecule has 0 heterocycles. The molecule has 0 amide bonds. The van der Waals surface area contributed by atoms with Gasteiger partial charge in [-0.15, -0.1) is 0 Å². The van der Waals surface area contributed by atoms with Gasteiger partial charge in [0, 0.05) is 6.42 Å². The van der Waals surface area contributed by atoms with Crippen molar-refractivity contribution in [2.24, 2.45) is 0 Å². The van der Waals surface area contributed by atoms with Crippen LogP contribution in [0.4, 0.5) is 0 Å². The van der Waals surface area contributed by atoms with Crippen molar-refractivity contribution in [2.75, 3.05) is 25.7 Å². The van der Waals surface area contributed by atoms with E-state index in [1.807, 2.05) is 0 Å². The second kappa shape index (κ2) is 7.02. The first-order valence-corrected chi connectivity index (χ1v) is 8.57. The van der Waals surface area contributed by atoms with E-state index in [0.717, 1.165) is 12.5 Å². The summed E-state index contributed by atoms with van der Waals surface area (Å²) in [7, 11) is -7.52. The van der Waals surface area contributed by atoms with Crippen molar-refractivity contribution in [1.82, 2.24) is 0 Å². The van der Waals surface area contributed by atoms with Crippen LogP contribution in [0.3, 0.4) is 0 Å². The molecule has 0 aliphatic carbocycles. The first-order valence-electron chi connectivity index (χ1n) is 4.94. The fourth-order valence-electron chi connectivity index (χ4n) is 0.958. The average Bonchev–Trinajstić information content (AvgIpc) is 2.12. The zero-order chi connectivity index (χ0) is 14.4. The maximum Gasteiger partial charge on any atom is 0.336 e. The SMILES string of the molecule is CCOC(=O)C(CCOS(C)(=O)=O)OS(C)(=O)=O. The molecule has 1 unspecified atom stereocenters. The third-order valence-corrected chi connectivity index (χ3v) is 2.69. The van der Waals surface area contributed by atoms with Gasteiger partial charge in [0.2, 0.25) is 0 Å². The van der Waals surface area contributed by atoms with Crippen molar-refractivity contribution in [3.63, 3.8) is 0 Å². The summed E-state index contributed by atoms with van der Waals surface area (Å²) in [4.78, 5) is 11.4. The van der Waals surface area contributed by atoms with Crippen molar-refractivity contribution in [3.05, 3.63) is 0 Å². The standard InChI is InChI=1S/C8H16O8S2/c1-4-14-8(9)7(16-18(3,12)13)5-6-15-17(2,10)11/h7H,4-6H2,1-3H3. The number of carbonyl (C=O) groups is 1. The van der Waals surface area contributed by atoms with Gasteiger partial charge >= 0.3 is 5.97 Å². The number of carbonyl (C=O) groups excluding carboxylic acids is 1. The van der Waals surface area contributed by atoms with Crippen LogP contribution in [0.1, 0.15) is 13.3 Å². The molecular formula is C8H16O8S2. The van der Waals surface area contributed by atoms with Gasteiger partial charge in [-0.3, -0.25) is 8.37 Å². The van der Waals surface area contributed by atoms with E-state index in [2.05, 4.69) is 13.1 Å². The molecule has 0 N–H and O–H groups in total.